The highest BCUT2D eigenvalue weighted by Gasteiger charge is 2.56. The fourth-order valence-corrected chi connectivity index (χ4v) is 7.92. The molecular weight excluding hydrogens is 326 g/mol. The molecule has 5 heteroatoms. The number of cyclic esters (lactones) is 1. The highest BCUT2D eigenvalue weighted by atomic mass is 32.2. The number of thioether (sulfide) groups is 2. The third-order valence-corrected chi connectivity index (χ3v) is 8.90. The molecule has 0 aromatic heterocycles. The first kappa shape index (κ1) is 14.3. The van der Waals surface area contributed by atoms with E-state index in [4.69, 9.17) is 4.74 Å². The van der Waals surface area contributed by atoms with Crippen LogP contribution in [0.15, 0.2) is 35.5 Å². The molecule has 5 rings (SSSR count). The molecule has 1 saturated heterocycles. The average molecular weight is 345 g/mol. The van der Waals surface area contributed by atoms with Gasteiger partial charge in [0.1, 0.15) is 6.10 Å². The fourth-order valence-electron chi connectivity index (χ4n) is 4.54. The molecule has 1 spiro atoms. The molecule has 2 atom stereocenters. The summed E-state index contributed by atoms with van der Waals surface area (Å²) in [5, 5.41) is 0. The Labute approximate surface area is 144 Å². The Morgan fingerprint density at radius 1 is 1.26 bits per heavy atom. The highest BCUT2D eigenvalue weighted by Crippen LogP contribution is 2.61. The number of carbonyl (C=O) groups is 1. The summed E-state index contributed by atoms with van der Waals surface area (Å²) in [5.74, 6) is 2.17. The van der Waals surface area contributed by atoms with Crippen LogP contribution >= 0.6 is 23.5 Å². The summed E-state index contributed by atoms with van der Waals surface area (Å²) in [6.45, 7) is 3.02. The fraction of sp³-hybridized carbons (Fsp3) is 0.500. The molecule has 4 heterocycles. The van der Waals surface area contributed by atoms with E-state index in [-0.39, 0.29) is 16.2 Å². The summed E-state index contributed by atoms with van der Waals surface area (Å²) in [6, 6.07) is 9.21. The maximum absolute atomic E-state index is 12.6. The number of carbonyl (C=O) groups excluding carboxylic acids is 1. The maximum Gasteiger partial charge on any atom is 0.338 e. The van der Waals surface area contributed by atoms with Gasteiger partial charge in [0, 0.05) is 24.5 Å². The first-order chi connectivity index (χ1) is 11.2. The number of esters is 1. The molecule has 120 valence electrons. The van der Waals surface area contributed by atoms with E-state index in [1.54, 1.807) is 0 Å². The zero-order valence-electron chi connectivity index (χ0n) is 13.1. The van der Waals surface area contributed by atoms with E-state index in [1.165, 1.54) is 16.8 Å². The van der Waals surface area contributed by atoms with E-state index >= 15 is 0 Å². The zero-order valence-corrected chi connectivity index (χ0v) is 14.7. The predicted molar refractivity (Wildman–Crippen MR) is 94.4 cm³/mol. The van der Waals surface area contributed by atoms with Gasteiger partial charge in [0.2, 0.25) is 0 Å². The second-order valence-corrected chi connectivity index (χ2v) is 9.67. The SMILES string of the molecule is C[C@H]1OC(=O)C2=C1N1CCc3ccccc3[C@@H]1CC21SCCS1. The van der Waals surface area contributed by atoms with E-state index in [0.717, 1.165) is 36.5 Å². The van der Waals surface area contributed by atoms with Crippen LogP contribution in [-0.4, -0.2) is 39.1 Å². The maximum atomic E-state index is 12.6. The van der Waals surface area contributed by atoms with E-state index in [9.17, 15) is 4.79 Å². The van der Waals surface area contributed by atoms with E-state index in [2.05, 4.69) is 29.2 Å². The van der Waals surface area contributed by atoms with Crippen molar-refractivity contribution in [2.24, 2.45) is 0 Å². The number of fused-ring (bicyclic) bond motifs is 5. The molecule has 0 bridgehead atoms. The Kier molecular flexibility index (Phi) is 3.08. The van der Waals surface area contributed by atoms with Crippen LogP contribution in [0.5, 0.6) is 0 Å². The quantitative estimate of drug-likeness (QED) is 0.673. The second kappa shape index (κ2) is 4.96. The minimum Gasteiger partial charge on any atom is -0.453 e. The lowest BCUT2D eigenvalue weighted by atomic mass is 9.84. The molecule has 0 saturated carbocycles. The molecular formula is C18H19NO2S2. The molecule has 1 fully saturated rings. The van der Waals surface area contributed by atoms with Gasteiger partial charge in [-0.05, 0) is 24.5 Å². The highest BCUT2D eigenvalue weighted by molar-refractivity contribution is 8.21. The van der Waals surface area contributed by atoms with Crippen LogP contribution in [0, 0.1) is 0 Å². The monoisotopic (exact) mass is 345 g/mol. The first-order valence-corrected chi connectivity index (χ1v) is 10.2. The molecule has 23 heavy (non-hydrogen) atoms. The van der Waals surface area contributed by atoms with Crippen molar-refractivity contribution in [3.63, 3.8) is 0 Å². The molecule has 0 N–H and O–H groups in total. The van der Waals surface area contributed by atoms with Crippen molar-refractivity contribution in [1.29, 1.82) is 0 Å². The number of rotatable bonds is 0. The van der Waals surface area contributed by atoms with Crippen molar-refractivity contribution >= 4 is 29.5 Å². The number of hydrogen-bond donors (Lipinski definition) is 0. The van der Waals surface area contributed by atoms with Gasteiger partial charge in [0.25, 0.3) is 0 Å². The molecule has 3 nitrogen and oxygen atoms in total. The molecule has 1 aromatic rings. The number of benzene rings is 1. The van der Waals surface area contributed by atoms with Gasteiger partial charge in [0.15, 0.2) is 0 Å². The zero-order chi connectivity index (χ0) is 15.6. The summed E-state index contributed by atoms with van der Waals surface area (Å²) >= 11 is 3.91. The normalized spacial score (nSPS) is 31.0. The third kappa shape index (κ3) is 1.89. The van der Waals surface area contributed by atoms with Crippen molar-refractivity contribution < 1.29 is 9.53 Å². The van der Waals surface area contributed by atoms with Crippen LogP contribution in [-0.2, 0) is 16.0 Å². The Balaban J connectivity index is 1.70. The summed E-state index contributed by atoms with van der Waals surface area (Å²) in [4.78, 5) is 15.0. The summed E-state index contributed by atoms with van der Waals surface area (Å²) in [7, 11) is 0. The Morgan fingerprint density at radius 3 is 2.87 bits per heavy atom. The largest absolute Gasteiger partial charge is 0.453 e. The molecule has 1 aromatic carbocycles. The Morgan fingerprint density at radius 2 is 2.04 bits per heavy atom. The third-order valence-electron chi connectivity index (χ3n) is 5.45. The van der Waals surface area contributed by atoms with Crippen molar-refractivity contribution in [2.75, 3.05) is 18.1 Å². The number of nitrogens with zero attached hydrogens (tertiary/aromatic N) is 1. The predicted octanol–water partition coefficient (Wildman–Crippen LogP) is 3.37. The van der Waals surface area contributed by atoms with Gasteiger partial charge in [-0.2, -0.15) is 0 Å². The van der Waals surface area contributed by atoms with Gasteiger partial charge in [-0.1, -0.05) is 24.3 Å². The van der Waals surface area contributed by atoms with Crippen LogP contribution in [0.3, 0.4) is 0 Å². The lowest BCUT2D eigenvalue weighted by molar-refractivity contribution is -0.139. The lowest BCUT2D eigenvalue weighted by Gasteiger charge is -2.48. The molecule has 0 unspecified atom stereocenters. The van der Waals surface area contributed by atoms with Gasteiger partial charge in [-0.25, -0.2) is 4.79 Å². The first-order valence-electron chi connectivity index (χ1n) is 8.27. The number of ether oxygens (including phenoxy) is 1. The van der Waals surface area contributed by atoms with Gasteiger partial charge >= 0.3 is 5.97 Å². The molecule has 0 radical (unpaired) electrons. The van der Waals surface area contributed by atoms with Crippen molar-refractivity contribution in [2.45, 2.75) is 36.0 Å². The standard InChI is InChI=1S/C18H19NO2S2/c1-11-16-15(17(20)21-11)18(22-8-9-23-18)10-14-13-5-3-2-4-12(13)6-7-19(14)16/h2-5,11,14H,6-10H2,1H3/t11-,14+/m1/s1. The van der Waals surface area contributed by atoms with Gasteiger partial charge < -0.3 is 9.64 Å². The van der Waals surface area contributed by atoms with Gasteiger partial charge in [-0.3, -0.25) is 0 Å². The average Bonchev–Trinajstić information content (AvgIpc) is 3.13. The summed E-state index contributed by atoms with van der Waals surface area (Å²) in [5.41, 5.74) is 5.05. The van der Waals surface area contributed by atoms with Crippen LogP contribution in [0.25, 0.3) is 0 Å². The van der Waals surface area contributed by atoms with E-state index in [0.29, 0.717) is 6.04 Å². The second-order valence-electron chi connectivity index (χ2n) is 6.62. The lowest BCUT2D eigenvalue weighted by Crippen LogP contribution is -2.45. The molecule has 4 aliphatic heterocycles. The van der Waals surface area contributed by atoms with Crippen LogP contribution < -0.4 is 0 Å². The van der Waals surface area contributed by atoms with Crippen molar-refractivity contribution in [3.8, 4) is 0 Å². The van der Waals surface area contributed by atoms with Crippen LogP contribution in [0.1, 0.15) is 30.5 Å². The van der Waals surface area contributed by atoms with Crippen LogP contribution in [0.2, 0.25) is 0 Å². The minimum atomic E-state index is -0.107. The van der Waals surface area contributed by atoms with Crippen molar-refractivity contribution in [3.05, 3.63) is 46.7 Å². The Hall–Kier alpha value is -1.07. The molecule has 0 aliphatic carbocycles. The summed E-state index contributed by atoms with van der Waals surface area (Å²) in [6.07, 6.45) is 1.96. The Bertz CT molecular complexity index is 723. The van der Waals surface area contributed by atoms with E-state index in [1.807, 2.05) is 30.4 Å². The molecule has 0 amide bonds. The van der Waals surface area contributed by atoms with Crippen molar-refractivity contribution in [1.82, 2.24) is 4.90 Å². The van der Waals surface area contributed by atoms with E-state index < -0.39 is 0 Å². The smallest absolute Gasteiger partial charge is 0.338 e. The van der Waals surface area contributed by atoms with Crippen LogP contribution in [0.4, 0.5) is 0 Å². The minimum absolute atomic E-state index is 0.0771. The molecule has 4 aliphatic rings. The van der Waals surface area contributed by atoms with Gasteiger partial charge in [0.05, 0.1) is 21.4 Å². The number of hydrogen-bond acceptors (Lipinski definition) is 5. The topological polar surface area (TPSA) is 29.5 Å². The van der Waals surface area contributed by atoms with Gasteiger partial charge in [-0.15, -0.1) is 23.5 Å². The summed E-state index contributed by atoms with van der Waals surface area (Å²) < 4.78 is 5.56.